The highest BCUT2D eigenvalue weighted by atomic mass is 35.5. The molecule has 0 aromatic carbocycles. The van der Waals surface area contributed by atoms with Crippen molar-refractivity contribution in [3.8, 4) is 0 Å². The number of rotatable bonds is 0. The first-order chi connectivity index (χ1) is 5.02. The van der Waals surface area contributed by atoms with Gasteiger partial charge in [0.05, 0.1) is 0 Å². The Labute approximate surface area is 71.0 Å². The van der Waals surface area contributed by atoms with E-state index in [1.165, 1.54) is 0 Å². The molecule has 0 fully saturated rings. The third kappa shape index (κ3) is 2.23. The van der Waals surface area contributed by atoms with Gasteiger partial charge in [0.25, 0.3) is 5.56 Å². The van der Waals surface area contributed by atoms with E-state index in [0.29, 0.717) is 6.07 Å². The van der Waals surface area contributed by atoms with E-state index in [1.54, 1.807) is 5.10 Å². The molecular formula is C5H4ClF3N2O. The van der Waals surface area contributed by atoms with Crippen LogP contribution in [-0.4, -0.2) is 10.2 Å². The largest absolute Gasteiger partial charge is 0.421 e. The van der Waals surface area contributed by atoms with E-state index < -0.39 is 17.3 Å². The number of hydrogen-bond donors (Lipinski definition) is 1. The standard InChI is InChI=1S/C5H3F3N2O.ClH/c6-5(7,8)3-1-2-9-10-4(3)11;/h1-2H,(H,10,11);1H. The SMILES string of the molecule is Cl.O=c1[nH]nccc1C(F)(F)F. The molecule has 0 bridgehead atoms. The molecule has 1 aromatic heterocycles. The van der Waals surface area contributed by atoms with Crippen LogP contribution in [0.25, 0.3) is 0 Å². The molecule has 0 aliphatic carbocycles. The zero-order valence-electron chi connectivity index (χ0n) is 5.55. The van der Waals surface area contributed by atoms with Crippen molar-refractivity contribution in [2.24, 2.45) is 0 Å². The second-order valence-electron chi connectivity index (χ2n) is 1.80. The van der Waals surface area contributed by atoms with Gasteiger partial charge in [0.2, 0.25) is 0 Å². The van der Waals surface area contributed by atoms with Gasteiger partial charge in [0.1, 0.15) is 5.56 Å². The molecule has 12 heavy (non-hydrogen) atoms. The number of aromatic nitrogens is 2. The molecule has 0 saturated heterocycles. The third-order valence-corrected chi connectivity index (χ3v) is 1.03. The summed E-state index contributed by atoms with van der Waals surface area (Å²) in [6.45, 7) is 0. The average Bonchev–Trinajstić information content (AvgIpc) is 1.86. The van der Waals surface area contributed by atoms with Gasteiger partial charge in [-0.2, -0.15) is 18.3 Å². The average molecular weight is 201 g/mol. The molecule has 1 heterocycles. The summed E-state index contributed by atoms with van der Waals surface area (Å²) in [6.07, 6.45) is -3.72. The van der Waals surface area contributed by atoms with Gasteiger partial charge in [-0.25, -0.2) is 5.10 Å². The minimum absolute atomic E-state index is 0. The van der Waals surface area contributed by atoms with Gasteiger partial charge in [-0.05, 0) is 6.07 Å². The van der Waals surface area contributed by atoms with Gasteiger partial charge < -0.3 is 0 Å². The first-order valence-electron chi connectivity index (χ1n) is 2.62. The first kappa shape index (κ1) is 11.0. The maximum atomic E-state index is 11.8. The Kier molecular flexibility index (Phi) is 3.26. The van der Waals surface area contributed by atoms with E-state index in [0.717, 1.165) is 6.20 Å². The summed E-state index contributed by atoms with van der Waals surface area (Å²) in [7, 11) is 0. The minimum Gasteiger partial charge on any atom is -0.267 e. The lowest BCUT2D eigenvalue weighted by Crippen LogP contribution is -2.21. The van der Waals surface area contributed by atoms with Crippen LogP contribution >= 0.6 is 12.4 Å². The molecule has 0 aliphatic heterocycles. The maximum absolute atomic E-state index is 11.8. The fourth-order valence-electron chi connectivity index (χ4n) is 0.567. The lowest BCUT2D eigenvalue weighted by molar-refractivity contribution is -0.138. The molecule has 1 rings (SSSR count). The molecule has 1 N–H and O–H groups in total. The second kappa shape index (κ2) is 3.57. The predicted octanol–water partition coefficient (Wildman–Crippen LogP) is 1.21. The van der Waals surface area contributed by atoms with E-state index in [-0.39, 0.29) is 12.4 Å². The second-order valence-corrected chi connectivity index (χ2v) is 1.80. The molecular weight excluding hydrogens is 197 g/mol. The van der Waals surface area contributed by atoms with Gasteiger partial charge in [-0.3, -0.25) is 4.79 Å². The van der Waals surface area contributed by atoms with E-state index in [1.807, 2.05) is 0 Å². The molecule has 3 nitrogen and oxygen atoms in total. The minimum atomic E-state index is -4.60. The van der Waals surface area contributed by atoms with Crippen LogP contribution in [0.5, 0.6) is 0 Å². The van der Waals surface area contributed by atoms with Crippen LogP contribution in [0.4, 0.5) is 13.2 Å². The summed E-state index contributed by atoms with van der Waals surface area (Å²) in [4.78, 5) is 10.4. The maximum Gasteiger partial charge on any atom is 0.421 e. The topological polar surface area (TPSA) is 45.8 Å². The smallest absolute Gasteiger partial charge is 0.267 e. The predicted molar refractivity (Wildman–Crippen MR) is 37.1 cm³/mol. The summed E-state index contributed by atoms with van der Waals surface area (Å²) in [5, 5.41) is 4.80. The highest BCUT2D eigenvalue weighted by Gasteiger charge is 2.33. The molecule has 0 aliphatic rings. The van der Waals surface area contributed by atoms with Crippen molar-refractivity contribution in [2.45, 2.75) is 6.18 Å². The fraction of sp³-hybridized carbons (Fsp3) is 0.200. The molecule has 0 spiro atoms. The summed E-state index contributed by atoms with van der Waals surface area (Å²) in [6, 6.07) is 0.624. The van der Waals surface area contributed by atoms with Crippen LogP contribution < -0.4 is 5.56 Å². The van der Waals surface area contributed by atoms with E-state index in [4.69, 9.17) is 0 Å². The Morgan fingerprint density at radius 1 is 1.42 bits per heavy atom. The zero-order valence-corrected chi connectivity index (χ0v) is 6.37. The monoisotopic (exact) mass is 200 g/mol. The molecule has 1 aromatic rings. The third-order valence-electron chi connectivity index (χ3n) is 1.03. The van der Waals surface area contributed by atoms with Crippen LogP contribution in [0.1, 0.15) is 5.56 Å². The first-order valence-corrected chi connectivity index (χ1v) is 2.62. The van der Waals surface area contributed by atoms with Crippen LogP contribution in [0.3, 0.4) is 0 Å². The van der Waals surface area contributed by atoms with Gasteiger partial charge in [-0.1, -0.05) is 0 Å². The number of halogens is 4. The van der Waals surface area contributed by atoms with Gasteiger partial charge in [0.15, 0.2) is 0 Å². The Bertz CT molecular complexity index is 308. The van der Waals surface area contributed by atoms with Crippen molar-refractivity contribution < 1.29 is 13.2 Å². The van der Waals surface area contributed by atoms with Crippen molar-refractivity contribution in [3.05, 3.63) is 28.2 Å². The number of aromatic amines is 1. The summed E-state index contributed by atoms with van der Waals surface area (Å²) in [5.41, 5.74) is -2.45. The van der Waals surface area contributed by atoms with Crippen molar-refractivity contribution >= 4 is 12.4 Å². The van der Waals surface area contributed by atoms with Crippen molar-refractivity contribution in [1.29, 1.82) is 0 Å². The van der Waals surface area contributed by atoms with E-state index >= 15 is 0 Å². The quantitative estimate of drug-likeness (QED) is 0.684. The molecule has 0 saturated carbocycles. The summed E-state index contributed by atoms with van der Waals surface area (Å²) in [5.74, 6) is 0. The lowest BCUT2D eigenvalue weighted by Gasteiger charge is -2.02. The molecule has 7 heteroatoms. The van der Waals surface area contributed by atoms with Crippen molar-refractivity contribution in [1.82, 2.24) is 10.2 Å². The molecule has 0 atom stereocenters. The normalized spacial score (nSPS) is 10.6. The fourth-order valence-corrected chi connectivity index (χ4v) is 0.567. The number of nitrogens with one attached hydrogen (secondary N) is 1. The zero-order chi connectivity index (χ0) is 8.48. The Morgan fingerprint density at radius 2 is 2.00 bits per heavy atom. The Morgan fingerprint density at radius 3 is 2.33 bits per heavy atom. The van der Waals surface area contributed by atoms with Crippen LogP contribution in [-0.2, 0) is 6.18 Å². The summed E-state index contributed by atoms with van der Waals surface area (Å²) < 4.78 is 35.4. The molecule has 68 valence electrons. The van der Waals surface area contributed by atoms with Crippen LogP contribution in [0.15, 0.2) is 17.1 Å². The van der Waals surface area contributed by atoms with Gasteiger partial charge in [-0.15, -0.1) is 12.4 Å². The molecule has 0 unspecified atom stereocenters. The highest BCUT2D eigenvalue weighted by Crippen LogP contribution is 2.25. The molecule has 0 amide bonds. The van der Waals surface area contributed by atoms with E-state index in [9.17, 15) is 18.0 Å². The number of nitrogens with zero attached hydrogens (tertiary/aromatic N) is 1. The number of H-pyrrole nitrogens is 1. The van der Waals surface area contributed by atoms with Gasteiger partial charge in [0, 0.05) is 6.20 Å². The molecule has 0 radical (unpaired) electrons. The number of alkyl halides is 3. The van der Waals surface area contributed by atoms with Crippen molar-refractivity contribution in [3.63, 3.8) is 0 Å². The Hall–Kier alpha value is -1.04. The lowest BCUT2D eigenvalue weighted by atomic mass is 10.3. The Balaban J connectivity index is 0.00000121. The van der Waals surface area contributed by atoms with Crippen LogP contribution in [0.2, 0.25) is 0 Å². The highest BCUT2D eigenvalue weighted by molar-refractivity contribution is 5.85. The summed E-state index contributed by atoms with van der Waals surface area (Å²) >= 11 is 0. The van der Waals surface area contributed by atoms with Crippen LogP contribution in [0, 0.1) is 0 Å². The van der Waals surface area contributed by atoms with Crippen molar-refractivity contribution in [2.75, 3.05) is 0 Å². The van der Waals surface area contributed by atoms with Gasteiger partial charge >= 0.3 is 6.18 Å². The van der Waals surface area contributed by atoms with E-state index in [2.05, 4.69) is 5.10 Å². The number of hydrogen-bond acceptors (Lipinski definition) is 2.